The zero-order valence-corrected chi connectivity index (χ0v) is 9.85. The second-order valence-corrected chi connectivity index (χ2v) is 18.8. The molecule has 0 aliphatic rings. The average molecular weight is 229 g/mol. The van der Waals surface area contributed by atoms with Crippen molar-refractivity contribution in [1.29, 1.82) is 1.28 Å². The lowest BCUT2D eigenvalue weighted by Gasteiger charge is -1.87. The first kappa shape index (κ1) is 7.63. The van der Waals surface area contributed by atoms with Gasteiger partial charge in [-0.15, -0.1) is 0 Å². The molecule has 0 fully saturated rings. The van der Waals surface area contributed by atoms with E-state index in [1.807, 2.05) is 0 Å². The predicted molar refractivity (Wildman–Crippen MR) is 54.8 cm³/mol. The standard InChI is InChI=1S/ClH5P5S/c1-5(7)4-6(2)3/h4H,2-3H2/q+1/i4T. The third-order valence-corrected chi connectivity index (χ3v) is 14.1. The van der Waals surface area contributed by atoms with Gasteiger partial charge in [0.1, 0.15) is 1.28 Å². The smallest absolute Gasteiger partial charge is 0.0988 e. The predicted octanol–water partition coefficient (Wildman–Crippen LogP) is 3.65. The first-order chi connectivity index (χ1) is 3.55. The molecule has 0 bridgehead atoms. The van der Waals surface area contributed by atoms with Crippen molar-refractivity contribution in [2.24, 2.45) is 0 Å². The lowest BCUT2D eigenvalue weighted by molar-refractivity contribution is 4.86. The van der Waals surface area contributed by atoms with Gasteiger partial charge in [-0.05, 0) is 0 Å². The number of rotatable bonds is 2. The quantitative estimate of drug-likeness (QED) is 0.651. The maximum atomic E-state index is 7.33. The second-order valence-electron chi connectivity index (χ2n) is 0.696. The molecule has 0 aromatic carbocycles. The van der Waals surface area contributed by atoms with Crippen LogP contribution in [0.2, 0.25) is 0 Å². The SMILES string of the molecule is [3H]P(P(P)P)[P+](=S)Cl. The normalized spacial score (nSPS) is 18.9. The Bertz CT molecular complexity index is 92.4. The fourth-order valence-corrected chi connectivity index (χ4v) is 19.7. The van der Waals surface area contributed by atoms with Crippen molar-refractivity contribution >= 4 is 61.5 Å². The zero-order chi connectivity index (χ0) is 6.73. The van der Waals surface area contributed by atoms with Gasteiger partial charge in [0.2, 0.25) is 0 Å². The Labute approximate surface area is 62.9 Å². The molecule has 0 nitrogen and oxygen atoms in total. The summed E-state index contributed by atoms with van der Waals surface area (Å²) in [7, 11) is 4.34. The zero-order valence-electron chi connectivity index (χ0n) is 4.28. The molecule has 0 radical (unpaired) electrons. The maximum absolute atomic E-state index is 7.33. The van der Waals surface area contributed by atoms with Gasteiger partial charge in [-0.25, -0.2) is 0 Å². The van der Waals surface area contributed by atoms with E-state index >= 15 is 0 Å². The van der Waals surface area contributed by atoms with Crippen molar-refractivity contribution in [2.75, 3.05) is 0 Å². The van der Waals surface area contributed by atoms with Crippen LogP contribution in [0.25, 0.3) is 0 Å². The van der Waals surface area contributed by atoms with Crippen LogP contribution < -0.4 is 0 Å². The highest BCUT2D eigenvalue weighted by molar-refractivity contribution is 8.85. The Morgan fingerprint density at radius 2 is 2.43 bits per heavy atom. The van der Waals surface area contributed by atoms with Crippen molar-refractivity contribution < 1.29 is 0 Å². The minimum atomic E-state index is -0.927. The summed E-state index contributed by atoms with van der Waals surface area (Å²) in [6.45, 7) is -0.344. The first-order valence-corrected chi connectivity index (χ1v) is 11.4. The summed E-state index contributed by atoms with van der Waals surface area (Å²) in [6, 6.07) is 0. The lowest BCUT2D eigenvalue weighted by Crippen LogP contribution is -1.13. The van der Waals surface area contributed by atoms with Gasteiger partial charge in [0.05, 0.1) is 0 Å². The highest BCUT2D eigenvalue weighted by Gasteiger charge is 2.07. The maximum Gasteiger partial charge on any atom is 0.307 e. The molecule has 0 saturated carbocycles. The molecule has 0 spiro atoms. The summed E-state index contributed by atoms with van der Waals surface area (Å²) in [4.78, 5) is 0. The Balaban J connectivity index is 3.64. The molecule has 0 amide bonds. The van der Waals surface area contributed by atoms with Crippen molar-refractivity contribution in [1.82, 2.24) is 0 Å². The van der Waals surface area contributed by atoms with Crippen molar-refractivity contribution in [3.8, 4) is 0 Å². The molecular weight excluding hydrogens is 222 g/mol. The Hall–Kier alpha value is 2.53. The molecule has 7 heavy (non-hydrogen) atoms. The van der Waals surface area contributed by atoms with Crippen LogP contribution >= 0.6 is 49.7 Å². The summed E-state index contributed by atoms with van der Waals surface area (Å²) >= 11 is 10.3. The molecule has 42 valence electrons. The van der Waals surface area contributed by atoms with Crippen LogP contribution in [-0.4, -0.2) is 1.28 Å². The fraction of sp³-hybridized carbons (Fsp3) is 0. The largest absolute Gasteiger partial charge is 0.307 e. The molecule has 0 rings (SSSR count). The topological polar surface area (TPSA) is 0 Å². The number of hydrogen-bond donors (Lipinski definition) is 0. The van der Waals surface area contributed by atoms with Gasteiger partial charge in [-0.3, -0.25) is 0 Å². The van der Waals surface area contributed by atoms with Gasteiger partial charge in [0, 0.05) is 6.99 Å². The second kappa shape index (κ2) is 5.33. The first-order valence-electron chi connectivity index (χ1n) is 1.72. The van der Waals surface area contributed by atoms with E-state index in [1.165, 1.54) is 0 Å². The Morgan fingerprint density at radius 1 is 2.00 bits per heavy atom. The van der Waals surface area contributed by atoms with Gasteiger partial charge in [-0.1, -0.05) is 17.9 Å². The summed E-state index contributed by atoms with van der Waals surface area (Å²) < 4.78 is 7.33. The number of halogens is 1. The van der Waals surface area contributed by atoms with E-state index in [4.69, 9.17) is 24.3 Å². The summed E-state index contributed by atoms with van der Waals surface area (Å²) in [5, 5.41) is 0. The average Bonchev–Trinajstić information content (AvgIpc) is 1.64. The van der Waals surface area contributed by atoms with Crippen LogP contribution in [0.5, 0.6) is 0 Å². The summed E-state index contributed by atoms with van der Waals surface area (Å²) in [5.41, 5.74) is -0.927. The van der Waals surface area contributed by atoms with Crippen molar-refractivity contribution in [2.45, 2.75) is 0 Å². The molecule has 0 N–H and O–H groups in total. The third kappa shape index (κ3) is 8.53. The molecule has 7 heteroatoms. The van der Waals surface area contributed by atoms with E-state index in [1.54, 1.807) is 0 Å². The van der Waals surface area contributed by atoms with Crippen LogP contribution in [0.4, 0.5) is 0 Å². The molecule has 0 saturated heterocycles. The lowest BCUT2D eigenvalue weighted by atomic mass is 29.1. The Morgan fingerprint density at radius 3 is 2.43 bits per heavy atom. The minimum Gasteiger partial charge on any atom is -0.0988 e. The van der Waals surface area contributed by atoms with E-state index in [0.29, 0.717) is 0 Å². The van der Waals surface area contributed by atoms with Crippen LogP contribution in [0, 0.1) is 0 Å². The summed E-state index contributed by atoms with van der Waals surface area (Å²) in [6.07, 6.45) is 0. The number of hydrogen-bond acceptors (Lipinski definition) is 1. The van der Waals surface area contributed by atoms with Gasteiger partial charge >= 0.3 is 5.74 Å². The van der Waals surface area contributed by atoms with Crippen LogP contribution in [0.15, 0.2) is 0 Å². The molecular formula is H5ClP5S+. The Kier molecular flexibility index (Phi) is 5.81. The van der Waals surface area contributed by atoms with Gasteiger partial charge in [0.25, 0.3) is 0 Å². The summed E-state index contributed by atoms with van der Waals surface area (Å²) in [5.74, 6) is 0. The van der Waals surface area contributed by atoms with E-state index in [-0.39, 0.29) is 6.99 Å². The van der Waals surface area contributed by atoms with E-state index in [0.717, 1.165) is 0 Å². The molecule has 0 aliphatic carbocycles. The highest BCUT2D eigenvalue weighted by atomic mass is 35.7. The molecule has 0 aliphatic heterocycles. The van der Waals surface area contributed by atoms with Gasteiger partial charge in [0.15, 0.2) is 31.0 Å². The highest BCUT2D eigenvalue weighted by Crippen LogP contribution is 2.79. The molecule has 0 aromatic rings. The van der Waals surface area contributed by atoms with Crippen LogP contribution in [-0.2, 0) is 11.8 Å². The van der Waals surface area contributed by atoms with Gasteiger partial charge < -0.3 is 0 Å². The minimum absolute atomic E-state index is 0.344. The molecule has 4 atom stereocenters. The monoisotopic (exact) mass is 229 g/mol. The molecule has 0 aromatic heterocycles. The van der Waals surface area contributed by atoms with Gasteiger partial charge in [-0.2, -0.15) is 0 Å². The van der Waals surface area contributed by atoms with Crippen LogP contribution in [0.1, 0.15) is 0 Å². The molecule has 0 heterocycles. The third-order valence-electron chi connectivity index (χ3n) is 0.174. The van der Waals surface area contributed by atoms with E-state index < -0.39 is 13.6 Å². The fourth-order valence-electron chi connectivity index (χ4n) is 0.0812. The van der Waals surface area contributed by atoms with E-state index in [9.17, 15) is 0 Å². The van der Waals surface area contributed by atoms with Crippen LogP contribution in [0.3, 0.4) is 0 Å². The van der Waals surface area contributed by atoms with Crippen molar-refractivity contribution in [3.63, 3.8) is 0 Å². The van der Waals surface area contributed by atoms with Crippen molar-refractivity contribution in [3.05, 3.63) is 0 Å². The molecule has 4 unspecified atom stereocenters. The van der Waals surface area contributed by atoms with E-state index in [2.05, 4.69) is 17.9 Å².